The van der Waals surface area contributed by atoms with Crippen molar-refractivity contribution < 1.29 is 13.9 Å². The largest absolute Gasteiger partial charge is 0.378 e. The summed E-state index contributed by atoms with van der Waals surface area (Å²) in [6.07, 6.45) is 3.42. The number of aryl methyl sites for hydroxylation is 1. The molecule has 8 nitrogen and oxygen atoms in total. The molecule has 3 heterocycles. The summed E-state index contributed by atoms with van der Waals surface area (Å²) in [5.74, 6) is 0.174. The van der Waals surface area contributed by atoms with E-state index < -0.39 is 11.8 Å². The lowest BCUT2D eigenvalue weighted by atomic mass is 10.1. The average Bonchev–Trinajstić information content (AvgIpc) is 3.33. The zero-order chi connectivity index (χ0) is 24.2. The third kappa shape index (κ3) is 5.15. The zero-order valence-corrected chi connectivity index (χ0v) is 19.2. The van der Waals surface area contributed by atoms with Gasteiger partial charge in [0.25, 0.3) is 0 Å². The van der Waals surface area contributed by atoms with Gasteiger partial charge in [0, 0.05) is 42.3 Å². The number of aromatic nitrogens is 3. The average molecular weight is 473 g/mol. The van der Waals surface area contributed by atoms with Crippen LogP contribution in [0.1, 0.15) is 5.56 Å². The monoisotopic (exact) mass is 472 g/mol. The van der Waals surface area contributed by atoms with Gasteiger partial charge in [-0.3, -0.25) is 4.98 Å². The Balaban J connectivity index is 1.46. The summed E-state index contributed by atoms with van der Waals surface area (Å²) >= 11 is 0. The fraction of sp³-hybridized carbons (Fsp3) is 0.192. The van der Waals surface area contributed by atoms with E-state index in [0.717, 1.165) is 29.9 Å². The molecule has 3 N–H and O–H groups in total. The Labute approximate surface area is 202 Å². The Bertz CT molecular complexity index is 1320. The van der Waals surface area contributed by atoms with Crippen LogP contribution in [0.25, 0.3) is 22.5 Å². The SMILES string of the molecule is Cc1ccc(NC(=O)Nc2cc(-c3nc(N4CCOCC4)[nH]c3-c3ccncc3)ccc2F)cc1. The summed E-state index contributed by atoms with van der Waals surface area (Å²) in [7, 11) is 0. The molecule has 0 bridgehead atoms. The molecule has 0 atom stereocenters. The Kier molecular flexibility index (Phi) is 6.40. The van der Waals surface area contributed by atoms with E-state index >= 15 is 0 Å². The first-order valence-electron chi connectivity index (χ1n) is 11.3. The molecule has 0 unspecified atom stereocenters. The van der Waals surface area contributed by atoms with Gasteiger partial charge in [-0.1, -0.05) is 17.7 Å². The number of aromatic amines is 1. The lowest BCUT2D eigenvalue weighted by Crippen LogP contribution is -2.36. The molecule has 1 aliphatic heterocycles. The second-order valence-corrected chi connectivity index (χ2v) is 8.26. The number of hydrogen-bond donors (Lipinski definition) is 3. The highest BCUT2D eigenvalue weighted by atomic mass is 19.1. The van der Waals surface area contributed by atoms with E-state index in [9.17, 15) is 9.18 Å². The number of anilines is 3. The van der Waals surface area contributed by atoms with Gasteiger partial charge in [-0.05, 0) is 49.4 Å². The maximum Gasteiger partial charge on any atom is 0.323 e. The molecule has 2 aromatic carbocycles. The third-order valence-electron chi connectivity index (χ3n) is 5.77. The van der Waals surface area contributed by atoms with Crippen LogP contribution in [0.5, 0.6) is 0 Å². The van der Waals surface area contributed by atoms with Crippen LogP contribution in [-0.4, -0.2) is 47.3 Å². The first-order valence-corrected chi connectivity index (χ1v) is 11.3. The van der Waals surface area contributed by atoms with Crippen LogP contribution in [0, 0.1) is 12.7 Å². The van der Waals surface area contributed by atoms with Gasteiger partial charge in [0.15, 0.2) is 0 Å². The quantitative estimate of drug-likeness (QED) is 0.377. The summed E-state index contributed by atoms with van der Waals surface area (Å²) in [6, 6.07) is 15.2. The smallest absolute Gasteiger partial charge is 0.323 e. The molecule has 2 aromatic heterocycles. The molecule has 4 aromatic rings. The van der Waals surface area contributed by atoms with E-state index in [4.69, 9.17) is 9.72 Å². The number of morpholine rings is 1. The Hall–Kier alpha value is -4.24. The molecule has 0 spiro atoms. The van der Waals surface area contributed by atoms with Crippen LogP contribution in [0.4, 0.5) is 26.5 Å². The van der Waals surface area contributed by atoms with Gasteiger partial charge in [0.1, 0.15) is 5.82 Å². The van der Waals surface area contributed by atoms with Crippen molar-refractivity contribution in [3.63, 3.8) is 0 Å². The lowest BCUT2D eigenvalue weighted by molar-refractivity contribution is 0.122. The Morgan fingerprint density at radius 3 is 2.49 bits per heavy atom. The molecule has 1 saturated heterocycles. The van der Waals surface area contributed by atoms with Crippen molar-refractivity contribution in [3.8, 4) is 22.5 Å². The van der Waals surface area contributed by atoms with Crippen LogP contribution in [0.3, 0.4) is 0 Å². The molecule has 2 amide bonds. The molecule has 9 heteroatoms. The van der Waals surface area contributed by atoms with E-state index in [2.05, 4.69) is 25.5 Å². The summed E-state index contributed by atoms with van der Waals surface area (Å²) < 4.78 is 20.1. The normalized spacial score (nSPS) is 13.5. The molecule has 0 saturated carbocycles. The number of amides is 2. The Morgan fingerprint density at radius 2 is 1.74 bits per heavy atom. The summed E-state index contributed by atoms with van der Waals surface area (Å²) in [4.78, 5) is 27.0. The molecule has 0 aliphatic carbocycles. The number of ether oxygens (including phenoxy) is 1. The Morgan fingerprint density at radius 1 is 1.00 bits per heavy atom. The molecule has 35 heavy (non-hydrogen) atoms. The number of carbonyl (C=O) groups is 1. The standard InChI is InChI=1S/C26H25FN6O2/c1-17-2-5-20(6-3-17)29-26(34)30-22-16-19(4-7-21(22)27)24-23(18-8-10-28-11-9-18)31-25(32-24)33-12-14-35-15-13-33/h2-11,16H,12-15H2,1H3,(H,31,32)(H2,29,30,34). The maximum absolute atomic E-state index is 14.7. The number of H-pyrrole nitrogens is 1. The number of nitrogens with zero attached hydrogens (tertiary/aromatic N) is 3. The number of halogens is 1. The summed E-state index contributed by atoms with van der Waals surface area (Å²) in [5.41, 5.74) is 4.76. The van der Waals surface area contributed by atoms with Crippen LogP contribution in [-0.2, 0) is 4.74 Å². The molecule has 1 fully saturated rings. The van der Waals surface area contributed by atoms with E-state index in [1.54, 1.807) is 36.7 Å². The number of urea groups is 1. The van der Waals surface area contributed by atoms with E-state index in [1.807, 2.05) is 31.2 Å². The first kappa shape index (κ1) is 22.5. The molecule has 5 rings (SSSR count). The highest BCUT2D eigenvalue weighted by Gasteiger charge is 2.21. The minimum atomic E-state index is -0.540. The highest BCUT2D eigenvalue weighted by Crippen LogP contribution is 2.34. The van der Waals surface area contributed by atoms with Crippen molar-refractivity contribution in [1.29, 1.82) is 0 Å². The fourth-order valence-corrected chi connectivity index (χ4v) is 3.91. The second-order valence-electron chi connectivity index (χ2n) is 8.26. The number of rotatable bonds is 5. The van der Waals surface area contributed by atoms with Crippen molar-refractivity contribution in [2.45, 2.75) is 6.92 Å². The van der Waals surface area contributed by atoms with Crippen molar-refractivity contribution in [1.82, 2.24) is 15.0 Å². The number of imidazole rings is 1. The number of carbonyl (C=O) groups excluding carboxylic acids is 1. The molecule has 1 aliphatic rings. The number of pyridine rings is 1. The predicted octanol–water partition coefficient (Wildman–Crippen LogP) is 5.07. The third-order valence-corrected chi connectivity index (χ3v) is 5.77. The molecular weight excluding hydrogens is 447 g/mol. The van der Waals surface area contributed by atoms with Crippen molar-refractivity contribution >= 4 is 23.4 Å². The zero-order valence-electron chi connectivity index (χ0n) is 19.2. The van der Waals surface area contributed by atoms with Crippen LogP contribution >= 0.6 is 0 Å². The molecule has 178 valence electrons. The summed E-state index contributed by atoms with van der Waals surface area (Å²) in [5, 5.41) is 5.34. The van der Waals surface area contributed by atoms with Gasteiger partial charge in [-0.25, -0.2) is 14.2 Å². The van der Waals surface area contributed by atoms with Crippen LogP contribution in [0.15, 0.2) is 67.0 Å². The van der Waals surface area contributed by atoms with Gasteiger partial charge >= 0.3 is 6.03 Å². The van der Waals surface area contributed by atoms with Gasteiger partial charge < -0.3 is 25.3 Å². The van der Waals surface area contributed by atoms with Gasteiger partial charge in [0.2, 0.25) is 5.95 Å². The lowest BCUT2D eigenvalue weighted by Gasteiger charge is -2.26. The van der Waals surface area contributed by atoms with E-state index in [1.165, 1.54) is 6.07 Å². The van der Waals surface area contributed by atoms with Gasteiger partial charge in [-0.2, -0.15) is 0 Å². The fourth-order valence-electron chi connectivity index (χ4n) is 3.91. The van der Waals surface area contributed by atoms with Crippen LogP contribution < -0.4 is 15.5 Å². The van der Waals surface area contributed by atoms with Crippen molar-refractivity contribution in [3.05, 3.63) is 78.4 Å². The number of hydrogen-bond acceptors (Lipinski definition) is 5. The second kappa shape index (κ2) is 9.94. The number of benzene rings is 2. The topological polar surface area (TPSA) is 95.2 Å². The highest BCUT2D eigenvalue weighted by molar-refractivity contribution is 6.00. The van der Waals surface area contributed by atoms with E-state index in [0.29, 0.717) is 36.1 Å². The van der Waals surface area contributed by atoms with Crippen LogP contribution in [0.2, 0.25) is 0 Å². The first-order chi connectivity index (χ1) is 17.1. The molecular formula is C26H25FN6O2. The maximum atomic E-state index is 14.7. The van der Waals surface area contributed by atoms with Gasteiger partial charge in [0.05, 0.1) is 30.3 Å². The van der Waals surface area contributed by atoms with Crippen molar-refractivity contribution in [2.75, 3.05) is 41.8 Å². The van der Waals surface area contributed by atoms with E-state index in [-0.39, 0.29) is 5.69 Å². The predicted molar refractivity (Wildman–Crippen MR) is 134 cm³/mol. The van der Waals surface area contributed by atoms with Gasteiger partial charge in [-0.15, -0.1) is 0 Å². The van der Waals surface area contributed by atoms with Crippen molar-refractivity contribution in [2.24, 2.45) is 0 Å². The molecule has 0 radical (unpaired) electrons. The number of nitrogens with one attached hydrogen (secondary N) is 3. The minimum absolute atomic E-state index is 0.0590. The minimum Gasteiger partial charge on any atom is -0.378 e. The summed E-state index contributed by atoms with van der Waals surface area (Å²) in [6.45, 7) is 4.66.